The Hall–Kier alpha value is -2.07. The highest BCUT2D eigenvalue weighted by molar-refractivity contribution is 7.17. The van der Waals surface area contributed by atoms with E-state index in [9.17, 15) is 19.7 Å². The molecule has 7 nitrogen and oxygen atoms in total. The van der Waals surface area contributed by atoms with Gasteiger partial charge in [-0.15, -0.1) is 5.10 Å². The third kappa shape index (κ3) is 3.43. The Balaban J connectivity index is 2.15. The maximum atomic E-state index is 14.5. The predicted molar refractivity (Wildman–Crippen MR) is 95.9 cm³/mol. The number of aromatic hydroxyl groups is 1. The lowest BCUT2D eigenvalue weighted by Gasteiger charge is -2.30. The quantitative estimate of drug-likeness (QED) is 0.549. The van der Waals surface area contributed by atoms with Crippen molar-refractivity contribution in [3.05, 3.63) is 46.3 Å². The fourth-order valence-electron chi connectivity index (χ4n) is 2.95. The highest BCUT2D eigenvalue weighted by Gasteiger charge is 2.30. The Labute approximate surface area is 154 Å². The minimum Gasteiger partial charge on any atom is -0.492 e. The second-order valence-electron chi connectivity index (χ2n) is 5.77. The number of halogens is 1. The number of hydrogen-bond acceptors (Lipinski definition) is 7. The fourth-order valence-corrected chi connectivity index (χ4v) is 4.07. The van der Waals surface area contributed by atoms with Crippen LogP contribution in [-0.2, 0) is 6.42 Å². The molecule has 3 aromatic rings. The van der Waals surface area contributed by atoms with Crippen molar-refractivity contribution in [3.63, 3.8) is 0 Å². The minimum absolute atomic E-state index is 0.105. The van der Waals surface area contributed by atoms with Gasteiger partial charge in [-0.3, -0.25) is 4.90 Å². The van der Waals surface area contributed by atoms with Gasteiger partial charge in [0, 0.05) is 25.1 Å². The van der Waals surface area contributed by atoms with Crippen LogP contribution in [0.5, 0.6) is 5.88 Å². The van der Waals surface area contributed by atoms with E-state index < -0.39 is 11.9 Å². The second-order valence-corrected chi connectivity index (χ2v) is 6.78. The van der Waals surface area contributed by atoms with Crippen molar-refractivity contribution >= 4 is 16.3 Å². The summed E-state index contributed by atoms with van der Waals surface area (Å²) in [5, 5.41) is 33.8. The zero-order valence-electron chi connectivity index (χ0n) is 14.3. The van der Waals surface area contributed by atoms with Crippen LogP contribution in [-0.4, -0.2) is 61.1 Å². The monoisotopic (exact) mass is 380 g/mol. The molecule has 0 aliphatic carbocycles. The van der Waals surface area contributed by atoms with Gasteiger partial charge in [0.05, 0.1) is 24.1 Å². The minimum atomic E-state index is -0.672. The summed E-state index contributed by atoms with van der Waals surface area (Å²) in [5.74, 6) is 0.0838. The van der Waals surface area contributed by atoms with E-state index in [0.717, 1.165) is 0 Å². The van der Waals surface area contributed by atoms with E-state index in [4.69, 9.17) is 0 Å². The molecule has 2 heterocycles. The average molecular weight is 380 g/mol. The first-order valence-electron chi connectivity index (χ1n) is 8.38. The van der Waals surface area contributed by atoms with Crippen LogP contribution < -0.4 is 0 Å². The molecule has 1 aromatic carbocycles. The third-order valence-electron chi connectivity index (χ3n) is 4.15. The van der Waals surface area contributed by atoms with Gasteiger partial charge in [0.2, 0.25) is 10.8 Å². The molecular formula is C17H21FN4O3S. The van der Waals surface area contributed by atoms with Gasteiger partial charge in [-0.1, -0.05) is 36.5 Å². The van der Waals surface area contributed by atoms with Crippen molar-refractivity contribution in [2.24, 2.45) is 0 Å². The number of aliphatic hydroxyl groups excluding tert-OH is 2. The Morgan fingerprint density at radius 3 is 2.50 bits per heavy atom. The number of hydrogen-bond donors (Lipinski definition) is 3. The molecule has 0 spiro atoms. The number of rotatable bonds is 8. The number of aromatic nitrogens is 3. The number of aryl methyl sites for hydroxylation is 1. The van der Waals surface area contributed by atoms with Crippen molar-refractivity contribution in [1.29, 1.82) is 0 Å². The largest absolute Gasteiger partial charge is 0.492 e. The molecule has 0 saturated heterocycles. The Kier molecular flexibility index (Phi) is 5.82. The summed E-state index contributed by atoms with van der Waals surface area (Å²) in [4.78, 5) is 7.07. The van der Waals surface area contributed by atoms with Crippen molar-refractivity contribution < 1.29 is 19.7 Å². The van der Waals surface area contributed by atoms with Gasteiger partial charge >= 0.3 is 0 Å². The highest BCUT2D eigenvalue weighted by Crippen LogP contribution is 2.40. The van der Waals surface area contributed by atoms with Crippen LogP contribution in [0.3, 0.4) is 0 Å². The van der Waals surface area contributed by atoms with E-state index in [0.29, 0.717) is 27.6 Å². The van der Waals surface area contributed by atoms with Crippen LogP contribution in [0.2, 0.25) is 0 Å². The van der Waals surface area contributed by atoms with E-state index in [1.807, 2.05) is 6.92 Å². The SMILES string of the molecule is CCc1nc2sc(C(c3ccccc3F)N(CCO)CCO)c(O)n2n1. The number of nitrogens with zero attached hydrogens (tertiary/aromatic N) is 4. The molecule has 0 aliphatic heterocycles. The van der Waals surface area contributed by atoms with E-state index >= 15 is 0 Å². The smallest absolute Gasteiger partial charge is 0.230 e. The zero-order valence-corrected chi connectivity index (χ0v) is 15.2. The molecule has 3 rings (SSSR count). The predicted octanol–water partition coefficient (Wildman–Crippen LogP) is 1.57. The Morgan fingerprint density at radius 2 is 1.92 bits per heavy atom. The molecule has 0 bridgehead atoms. The van der Waals surface area contributed by atoms with Crippen LogP contribution in [0.15, 0.2) is 24.3 Å². The fraction of sp³-hybridized carbons (Fsp3) is 0.412. The molecule has 1 unspecified atom stereocenters. The van der Waals surface area contributed by atoms with Crippen molar-refractivity contribution in [1.82, 2.24) is 19.5 Å². The summed E-state index contributed by atoms with van der Waals surface area (Å²) in [5.41, 5.74) is 0.352. The maximum Gasteiger partial charge on any atom is 0.230 e. The normalized spacial score (nSPS) is 13.0. The molecule has 9 heteroatoms. The lowest BCUT2D eigenvalue weighted by atomic mass is 10.0. The maximum absolute atomic E-state index is 14.5. The first kappa shape index (κ1) is 18.7. The summed E-state index contributed by atoms with van der Waals surface area (Å²) in [6.45, 7) is 2.03. The van der Waals surface area contributed by atoms with Crippen LogP contribution in [0, 0.1) is 5.82 Å². The molecule has 0 fully saturated rings. The summed E-state index contributed by atoms with van der Waals surface area (Å²) >= 11 is 1.22. The Morgan fingerprint density at radius 1 is 1.23 bits per heavy atom. The summed E-state index contributed by atoms with van der Waals surface area (Å²) < 4.78 is 15.9. The summed E-state index contributed by atoms with van der Waals surface area (Å²) in [6.07, 6.45) is 0.640. The first-order chi connectivity index (χ1) is 12.6. The van der Waals surface area contributed by atoms with Crippen molar-refractivity contribution in [3.8, 4) is 5.88 Å². The molecule has 140 valence electrons. The molecule has 0 radical (unpaired) electrons. The molecule has 0 amide bonds. The average Bonchev–Trinajstić information content (AvgIpc) is 3.17. The third-order valence-corrected chi connectivity index (χ3v) is 5.22. The van der Waals surface area contributed by atoms with Gasteiger partial charge in [0.1, 0.15) is 5.82 Å². The topological polar surface area (TPSA) is 94.1 Å². The molecule has 2 aromatic heterocycles. The van der Waals surface area contributed by atoms with Gasteiger partial charge in [-0.05, 0) is 6.07 Å². The molecule has 1 atom stereocenters. The summed E-state index contributed by atoms with van der Waals surface area (Å²) in [7, 11) is 0. The molecule has 0 saturated carbocycles. The van der Waals surface area contributed by atoms with Crippen molar-refractivity contribution in [2.45, 2.75) is 19.4 Å². The van der Waals surface area contributed by atoms with E-state index in [2.05, 4.69) is 10.1 Å². The van der Waals surface area contributed by atoms with Gasteiger partial charge in [0.25, 0.3) is 0 Å². The number of thiazole rings is 1. The molecule has 26 heavy (non-hydrogen) atoms. The summed E-state index contributed by atoms with van der Waals surface area (Å²) in [6, 6.07) is 5.61. The van der Waals surface area contributed by atoms with E-state index in [-0.39, 0.29) is 32.2 Å². The van der Waals surface area contributed by atoms with E-state index in [1.165, 1.54) is 21.9 Å². The lowest BCUT2D eigenvalue weighted by molar-refractivity contribution is 0.135. The number of fused-ring (bicyclic) bond motifs is 1. The van der Waals surface area contributed by atoms with Crippen LogP contribution in [0.1, 0.15) is 29.2 Å². The highest BCUT2D eigenvalue weighted by atomic mass is 32.1. The lowest BCUT2D eigenvalue weighted by Crippen LogP contribution is -2.34. The number of benzene rings is 1. The first-order valence-corrected chi connectivity index (χ1v) is 9.19. The molecule has 0 aliphatic rings. The second kappa shape index (κ2) is 8.09. The van der Waals surface area contributed by atoms with Gasteiger partial charge in [-0.25, -0.2) is 9.37 Å². The standard InChI is InChI=1S/C17H21FN4O3S/c1-2-13-19-17-22(20-13)16(25)15(26-17)14(21(7-9-23)8-10-24)11-5-3-4-6-12(11)18/h3-6,14,23-25H,2,7-10H2,1H3. The molecular weight excluding hydrogens is 359 g/mol. The van der Waals surface area contributed by atoms with Crippen LogP contribution >= 0.6 is 11.3 Å². The van der Waals surface area contributed by atoms with Gasteiger partial charge < -0.3 is 15.3 Å². The van der Waals surface area contributed by atoms with Crippen LogP contribution in [0.25, 0.3) is 4.96 Å². The number of aliphatic hydroxyl groups is 2. The van der Waals surface area contributed by atoms with Crippen LogP contribution in [0.4, 0.5) is 4.39 Å². The Bertz CT molecular complexity index is 876. The van der Waals surface area contributed by atoms with Gasteiger partial charge in [0.15, 0.2) is 5.82 Å². The molecule has 3 N–H and O–H groups in total. The zero-order chi connectivity index (χ0) is 18.7. The van der Waals surface area contributed by atoms with E-state index in [1.54, 1.807) is 23.1 Å². The van der Waals surface area contributed by atoms with Gasteiger partial charge in [-0.2, -0.15) is 4.52 Å². The van der Waals surface area contributed by atoms with Crippen molar-refractivity contribution in [2.75, 3.05) is 26.3 Å².